The molecule has 0 saturated heterocycles. The first-order valence-electron chi connectivity index (χ1n) is 6.75. The van der Waals surface area contributed by atoms with Gasteiger partial charge in [0.15, 0.2) is 0 Å². The summed E-state index contributed by atoms with van der Waals surface area (Å²) in [5, 5.41) is 0.750. The van der Waals surface area contributed by atoms with E-state index >= 15 is 0 Å². The van der Waals surface area contributed by atoms with Gasteiger partial charge in [0, 0.05) is 11.1 Å². The minimum absolute atomic E-state index is 0.142. The van der Waals surface area contributed by atoms with E-state index in [0.29, 0.717) is 0 Å². The van der Waals surface area contributed by atoms with Crippen LogP contribution in [-0.4, -0.2) is 6.04 Å². The zero-order valence-corrected chi connectivity index (χ0v) is 12.9. The van der Waals surface area contributed by atoms with E-state index < -0.39 is 0 Å². The van der Waals surface area contributed by atoms with Gasteiger partial charge in [0.05, 0.1) is 0 Å². The van der Waals surface area contributed by atoms with Gasteiger partial charge in [-0.1, -0.05) is 23.7 Å². The third-order valence-corrected chi connectivity index (χ3v) is 3.59. The SMILES string of the molecule is Cc1cc(Oc2cc(CC(C)N)ccc2C)ccc1Cl. The van der Waals surface area contributed by atoms with Crippen LogP contribution in [0.2, 0.25) is 5.02 Å². The minimum atomic E-state index is 0.142. The average molecular weight is 290 g/mol. The van der Waals surface area contributed by atoms with Crippen LogP contribution >= 0.6 is 11.6 Å². The maximum atomic E-state index is 6.03. The lowest BCUT2D eigenvalue weighted by Crippen LogP contribution is -2.17. The summed E-state index contributed by atoms with van der Waals surface area (Å²) in [7, 11) is 0. The molecule has 0 aliphatic rings. The van der Waals surface area contributed by atoms with E-state index in [1.54, 1.807) is 0 Å². The molecule has 2 nitrogen and oxygen atoms in total. The van der Waals surface area contributed by atoms with Crippen molar-refractivity contribution in [2.75, 3.05) is 0 Å². The lowest BCUT2D eigenvalue weighted by Gasteiger charge is -2.12. The Morgan fingerprint density at radius 2 is 1.85 bits per heavy atom. The van der Waals surface area contributed by atoms with Crippen molar-refractivity contribution in [2.24, 2.45) is 5.73 Å². The molecule has 1 unspecified atom stereocenters. The van der Waals surface area contributed by atoms with Gasteiger partial charge in [-0.05, 0) is 68.1 Å². The monoisotopic (exact) mass is 289 g/mol. The van der Waals surface area contributed by atoms with Gasteiger partial charge in [-0.2, -0.15) is 0 Å². The number of benzene rings is 2. The van der Waals surface area contributed by atoms with Gasteiger partial charge in [-0.3, -0.25) is 0 Å². The molecule has 0 radical (unpaired) electrons. The second kappa shape index (κ2) is 6.29. The molecule has 0 amide bonds. The third kappa shape index (κ3) is 3.75. The van der Waals surface area contributed by atoms with E-state index in [-0.39, 0.29) is 6.04 Å². The zero-order chi connectivity index (χ0) is 14.7. The van der Waals surface area contributed by atoms with E-state index in [0.717, 1.165) is 34.1 Å². The van der Waals surface area contributed by atoms with Crippen LogP contribution in [0.1, 0.15) is 23.6 Å². The van der Waals surface area contributed by atoms with Crippen molar-refractivity contribution >= 4 is 11.6 Å². The Morgan fingerprint density at radius 3 is 2.50 bits per heavy atom. The predicted molar refractivity (Wildman–Crippen MR) is 84.8 cm³/mol. The quantitative estimate of drug-likeness (QED) is 0.890. The molecule has 1 atom stereocenters. The molecule has 2 aromatic carbocycles. The van der Waals surface area contributed by atoms with Crippen molar-refractivity contribution in [3.05, 3.63) is 58.1 Å². The van der Waals surface area contributed by atoms with Crippen molar-refractivity contribution in [3.63, 3.8) is 0 Å². The van der Waals surface area contributed by atoms with Crippen LogP contribution in [0, 0.1) is 13.8 Å². The highest BCUT2D eigenvalue weighted by Gasteiger charge is 2.06. The Morgan fingerprint density at radius 1 is 1.10 bits per heavy atom. The van der Waals surface area contributed by atoms with Crippen molar-refractivity contribution in [2.45, 2.75) is 33.2 Å². The molecule has 0 aliphatic carbocycles. The first kappa shape index (κ1) is 14.9. The molecule has 0 spiro atoms. The zero-order valence-electron chi connectivity index (χ0n) is 12.1. The van der Waals surface area contributed by atoms with E-state index in [1.165, 1.54) is 5.56 Å². The lowest BCUT2D eigenvalue weighted by atomic mass is 10.1. The molecule has 2 N–H and O–H groups in total. The molecule has 0 aliphatic heterocycles. The van der Waals surface area contributed by atoms with Gasteiger partial charge in [0.2, 0.25) is 0 Å². The largest absolute Gasteiger partial charge is 0.457 e. The molecular weight excluding hydrogens is 270 g/mol. The topological polar surface area (TPSA) is 35.2 Å². The third-order valence-electron chi connectivity index (χ3n) is 3.17. The summed E-state index contributed by atoms with van der Waals surface area (Å²) in [6, 6.07) is 12.0. The fourth-order valence-electron chi connectivity index (χ4n) is 2.06. The maximum absolute atomic E-state index is 6.03. The highest BCUT2D eigenvalue weighted by Crippen LogP contribution is 2.29. The Balaban J connectivity index is 2.25. The standard InChI is InChI=1S/C17H20ClNO/c1-11-4-5-14(9-13(3)19)10-17(11)20-15-6-7-16(18)12(2)8-15/h4-8,10,13H,9,19H2,1-3H3. The summed E-state index contributed by atoms with van der Waals surface area (Å²) in [4.78, 5) is 0. The Labute approximate surface area is 125 Å². The summed E-state index contributed by atoms with van der Waals surface area (Å²) >= 11 is 6.03. The molecule has 2 aromatic rings. The summed E-state index contributed by atoms with van der Waals surface area (Å²) in [5.74, 6) is 1.66. The van der Waals surface area contributed by atoms with E-state index in [1.807, 2.05) is 39.0 Å². The normalized spacial score (nSPS) is 12.2. The molecule has 106 valence electrons. The molecule has 0 bridgehead atoms. The minimum Gasteiger partial charge on any atom is -0.457 e. The number of aryl methyl sites for hydroxylation is 2. The summed E-state index contributed by atoms with van der Waals surface area (Å²) < 4.78 is 5.97. The summed E-state index contributed by atoms with van der Waals surface area (Å²) in [6.45, 7) is 6.01. The molecule has 0 fully saturated rings. The van der Waals surface area contributed by atoms with Crippen molar-refractivity contribution in [1.82, 2.24) is 0 Å². The van der Waals surface area contributed by atoms with Crippen LogP contribution in [0.15, 0.2) is 36.4 Å². The summed E-state index contributed by atoms with van der Waals surface area (Å²) in [6.07, 6.45) is 0.844. The van der Waals surface area contributed by atoms with Crippen molar-refractivity contribution < 1.29 is 4.74 Å². The molecular formula is C17H20ClNO. The molecule has 0 aromatic heterocycles. The second-order valence-electron chi connectivity index (χ2n) is 5.29. The molecule has 0 saturated carbocycles. The predicted octanol–water partition coefficient (Wildman–Crippen LogP) is 4.64. The number of nitrogens with two attached hydrogens (primary N) is 1. The van der Waals surface area contributed by atoms with Gasteiger partial charge in [-0.25, -0.2) is 0 Å². The number of hydrogen-bond acceptors (Lipinski definition) is 2. The van der Waals surface area contributed by atoms with Crippen LogP contribution in [-0.2, 0) is 6.42 Å². The van der Waals surface area contributed by atoms with Crippen LogP contribution in [0.25, 0.3) is 0 Å². The van der Waals surface area contributed by atoms with E-state index in [9.17, 15) is 0 Å². The van der Waals surface area contributed by atoms with E-state index in [4.69, 9.17) is 22.1 Å². The van der Waals surface area contributed by atoms with E-state index in [2.05, 4.69) is 18.2 Å². The first-order chi connectivity index (χ1) is 9.45. The van der Waals surface area contributed by atoms with Gasteiger partial charge < -0.3 is 10.5 Å². The van der Waals surface area contributed by atoms with Crippen molar-refractivity contribution in [1.29, 1.82) is 0 Å². The van der Waals surface area contributed by atoms with Gasteiger partial charge in [0.1, 0.15) is 11.5 Å². The summed E-state index contributed by atoms with van der Waals surface area (Å²) in [5.41, 5.74) is 9.14. The van der Waals surface area contributed by atoms with Crippen LogP contribution in [0.5, 0.6) is 11.5 Å². The fraction of sp³-hybridized carbons (Fsp3) is 0.294. The Kier molecular flexibility index (Phi) is 4.69. The second-order valence-corrected chi connectivity index (χ2v) is 5.70. The van der Waals surface area contributed by atoms with Gasteiger partial charge in [0.25, 0.3) is 0 Å². The average Bonchev–Trinajstić information content (AvgIpc) is 2.37. The highest BCUT2D eigenvalue weighted by atomic mass is 35.5. The number of rotatable bonds is 4. The van der Waals surface area contributed by atoms with Crippen LogP contribution < -0.4 is 10.5 Å². The first-order valence-corrected chi connectivity index (χ1v) is 7.12. The van der Waals surface area contributed by atoms with Gasteiger partial charge in [-0.15, -0.1) is 0 Å². The van der Waals surface area contributed by atoms with Crippen molar-refractivity contribution in [3.8, 4) is 11.5 Å². The van der Waals surface area contributed by atoms with Crippen LogP contribution in [0.3, 0.4) is 0 Å². The number of halogens is 1. The molecule has 0 heterocycles. The number of ether oxygens (including phenoxy) is 1. The lowest BCUT2D eigenvalue weighted by molar-refractivity contribution is 0.477. The smallest absolute Gasteiger partial charge is 0.130 e. The van der Waals surface area contributed by atoms with Gasteiger partial charge >= 0.3 is 0 Å². The molecule has 20 heavy (non-hydrogen) atoms. The highest BCUT2D eigenvalue weighted by molar-refractivity contribution is 6.31. The van der Waals surface area contributed by atoms with Crippen LogP contribution in [0.4, 0.5) is 0 Å². The Bertz CT molecular complexity index is 608. The number of hydrogen-bond donors (Lipinski definition) is 1. The maximum Gasteiger partial charge on any atom is 0.130 e. The Hall–Kier alpha value is -1.51. The fourth-order valence-corrected chi connectivity index (χ4v) is 2.18. The molecule has 2 rings (SSSR count). The molecule has 3 heteroatoms.